The summed E-state index contributed by atoms with van der Waals surface area (Å²) in [5.41, 5.74) is 1.21. The number of hydrogen-bond donors (Lipinski definition) is 1. The first-order chi connectivity index (χ1) is 8.74. The summed E-state index contributed by atoms with van der Waals surface area (Å²) in [6.45, 7) is 2.20. The minimum absolute atomic E-state index is 0.325. The first kappa shape index (κ1) is 15.2. The van der Waals surface area contributed by atoms with Gasteiger partial charge in [-0.15, -0.1) is 0 Å². The summed E-state index contributed by atoms with van der Waals surface area (Å²) < 4.78 is 10.6. The minimum atomic E-state index is 0.325. The van der Waals surface area contributed by atoms with E-state index in [0.29, 0.717) is 6.04 Å². The van der Waals surface area contributed by atoms with Gasteiger partial charge in [0.05, 0.1) is 14.2 Å². The number of rotatable bonds is 8. The van der Waals surface area contributed by atoms with Gasteiger partial charge < -0.3 is 14.8 Å². The normalized spacial score (nSPS) is 12.2. The van der Waals surface area contributed by atoms with Crippen LogP contribution in [-0.2, 0) is 0 Å². The largest absolute Gasteiger partial charge is 0.497 e. The van der Waals surface area contributed by atoms with Gasteiger partial charge in [-0.3, -0.25) is 0 Å². The van der Waals surface area contributed by atoms with E-state index in [1.54, 1.807) is 14.2 Å². The molecule has 0 heterocycles. The number of ether oxygens (including phenoxy) is 2. The van der Waals surface area contributed by atoms with Crippen molar-refractivity contribution in [3.63, 3.8) is 0 Å². The maximum atomic E-state index is 5.30. The maximum Gasteiger partial charge on any atom is 0.122 e. The van der Waals surface area contributed by atoms with Crippen molar-refractivity contribution in [3.05, 3.63) is 23.8 Å². The molecular formula is C14H23NO2S. The van der Waals surface area contributed by atoms with Crippen molar-refractivity contribution in [2.24, 2.45) is 0 Å². The topological polar surface area (TPSA) is 30.5 Å². The molecule has 1 aromatic rings. The number of benzene rings is 1. The molecule has 4 heteroatoms. The molecule has 0 radical (unpaired) electrons. The lowest BCUT2D eigenvalue weighted by Gasteiger charge is -2.18. The lowest BCUT2D eigenvalue weighted by Crippen LogP contribution is -2.19. The summed E-state index contributed by atoms with van der Waals surface area (Å²) in [5, 5.41) is 3.35. The van der Waals surface area contributed by atoms with Crippen LogP contribution in [0.1, 0.15) is 24.9 Å². The van der Waals surface area contributed by atoms with Crippen LogP contribution < -0.4 is 14.8 Å². The van der Waals surface area contributed by atoms with Crippen LogP contribution in [0.15, 0.2) is 18.2 Å². The van der Waals surface area contributed by atoms with E-state index in [2.05, 4.69) is 24.4 Å². The molecule has 3 nitrogen and oxygen atoms in total. The quantitative estimate of drug-likeness (QED) is 0.735. The summed E-state index contributed by atoms with van der Waals surface area (Å²) in [7, 11) is 5.35. The Balaban J connectivity index is 2.83. The molecule has 0 fully saturated rings. The third-order valence-corrected chi connectivity index (χ3v) is 4.02. The zero-order valence-electron chi connectivity index (χ0n) is 11.7. The summed E-state index contributed by atoms with van der Waals surface area (Å²) in [4.78, 5) is 0. The van der Waals surface area contributed by atoms with E-state index in [1.165, 1.54) is 17.7 Å². The molecular weight excluding hydrogens is 246 g/mol. The summed E-state index contributed by atoms with van der Waals surface area (Å²) in [5.74, 6) is 3.93. The molecule has 18 heavy (non-hydrogen) atoms. The van der Waals surface area contributed by atoms with Gasteiger partial charge in [0.2, 0.25) is 0 Å². The molecule has 0 saturated heterocycles. The molecule has 1 aromatic carbocycles. The standard InChI is InChI=1S/C14H23NO2S/c1-5-6-18-10-14(15-2)11-7-12(16-3)9-13(8-11)17-4/h7-9,14-15H,5-6,10H2,1-4H3. The van der Waals surface area contributed by atoms with E-state index in [9.17, 15) is 0 Å². The predicted molar refractivity (Wildman–Crippen MR) is 79.0 cm³/mol. The molecule has 1 unspecified atom stereocenters. The molecule has 1 atom stereocenters. The Kier molecular flexibility index (Phi) is 6.98. The Labute approximate surface area is 114 Å². The van der Waals surface area contributed by atoms with Crippen molar-refractivity contribution in [2.75, 3.05) is 32.8 Å². The molecule has 0 aliphatic rings. The van der Waals surface area contributed by atoms with Crippen molar-refractivity contribution < 1.29 is 9.47 Å². The molecule has 0 spiro atoms. The highest BCUT2D eigenvalue weighted by atomic mass is 32.2. The van der Waals surface area contributed by atoms with Gasteiger partial charge in [0.1, 0.15) is 11.5 Å². The van der Waals surface area contributed by atoms with Gasteiger partial charge >= 0.3 is 0 Å². The fraction of sp³-hybridized carbons (Fsp3) is 0.571. The van der Waals surface area contributed by atoms with Crippen molar-refractivity contribution >= 4 is 11.8 Å². The Bertz CT molecular complexity index is 335. The van der Waals surface area contributed by atoms with Crippen LogP contribution in [-0.4, -0.2) is 32.8 Å². The van der Waals surface area contributed by atoms with Crippen LogP contribution in [0, 0.1) is 0 Å². The lowest BCUT2D eigenvalue weighted by molar-refractivity contribution is 0.392. The van der Waals surface area contributed by atoms with Gasteiger partial charge in [-0.05, 0) is 36.9 Å². The average molecular weight is 269 g/mol. The minimum Gasteiger partial charge on any atom is -0.497 e. The summed E-state index contributed by atoms with van der Waals surface area (Å²) >= 11 is 1.96. The van der Waals surface area contributed by atoms with E-state index >= 15 is 0 Å². The fourth-order valence-electron chi connectivity index (χ4n) is 1.72. The third kappa shape index (κ3) is 4.42. The van der Waals surface area contributed by atoms with Crippen LogP contribution in [0.3, 0.4) is 0 Å². The molecule has 0 saturated carbocycles. The smallest absolute Gasteiger partial charge is 0.122 e. The SMILES string of the molecule is CCCSCC(NC)c1cc(OC)cc(OC)c1. The Morgan fingerprint density at radius 3 is 2.22 bits per heavy atom. The Morgan fingerprint density at radius 1 is 1.17 bits per heavy atom. The van der Waals surface area contributed by atoms with Gasteiger partial charge in [0, 0.05) is 17.9 Å². The van der Waals surface area contributed by atoms with Gasteiger partial charge in [0.25, 0.3) is 0 Å². The van der Waals surface area contributed by atoms with Crippen molar-refractivity contribution in [3.8, 4) is 11.5 Å². The second-order valence-corrected chi connectivity index (χ2v) is 5.21. The molecule has 102 valence electrons. The molecule has 0 bridgehead atoms. The zero-order valence-corrected chi connectivity index (χ0v) is 12.5. The number of nitrogens with one attached hydrogen (secondary N) is 1. The first-order valence-corrected chi connectivity index (χ1v) is 7.38. The fourth-order valence-corrected chi connectivity index (χ4v) is 2.77. The second-order valence-electron chi connectivity index (χ2n) is 4.06. The van der Waals surface area contributed by atoms with Gasteiger partial charge in [-0.25, -0.2) is 0 Å². The number of hydrogen-bond acceptors (Lipinski definition) is 4. The second kappa shape index (κ2) is 8.27. The highest BCUT2D eigenvalue weighted by Gasteiger charge is 2.12. The lowest BCUT2D eigenvalue weighted by atomic mass is 10.1. The van der Waals surface area contributed by atoms with Crippen LogP contribution >= 0.6 is 11.8 Å². The van der Waals surface area contributed by atoms with Crippen molar-refractivity contribution in [1.29, 1.82) is 0 Å². The molecule has 1 N–H and O–H groups in total. The highest BCUT2D eigenvalue weighted by molar-refractivity contribution is 7.99. The van der Waals surface area contributed by atoms with Crippen LogP contribution in [0.2, 0.25) is 0 Å². The molecule has 1 rings (SSSR count). The number of methoxy groups -OCH3 is 2. The summed E-state index contributed by atoms with van der Waals surface area (Å²) in [6.07, 6.45) is 1.21. The molecule has 0 amide bonds. The van der Waals surface area contributed by atoms with E-state index in [4.69, 9.17) is 9.47 Å². The molecule has 0 aromatic heterocycles. The van der Waals surface area contributed by atoms with Crippen LogP contribution in [0.25, 0.3) is 0 Å². The maximum absolute atomic E-state index is 5.30. The average Bonchev–Trinajstić information content (AvgIpc) is 2.43. The highest BCUT2D eigenvalue weighted by Crippen LogP contribution is 2.28. The Hall–Kier alpha value is -0.870. The first-order valence-electron chi connectivity index (χ1n) is 6.23. The Morgan fingerprint density at radius 2 is 1.78 bits per heavy atom. The van der Waals surface area contributed by atoms with Crippen LogP contribution in [0.5, 0.6) is 11.5 Å². The number of thioether (sulfide) groups is 1. The summed E-state index contributed by atoms with van der Waals surface area (Å²) in [6, 6.07) is 6.35. The predicted octanol–water partition coefficient (Wildman–Crippen LogP) is 3.11. The van der Waals surface area contributed by atoms with Crippen molar-refractivity contribution in [2.45, 2.75) is 19.4 Å². The zero-order chi connectivity index (χ0) is 13.4. The third-order valence-electron chi connectivity index (χ3n) is 2.76. The monoisotopic (exact) mass is 269 g/mol. The van der Waals surface area contributed by atoms with Crippen molar-refractivity contribution in [1.82, 2.24) is 5.32 Å². The van der Waals surface area contributed by atoms with E-state index in [0.717, 1.165) is 17.3 Å². The van der Waals surface area contributed by atoms with Crippen LogP contribution in [0.4, 0.5) is 0 Å². The van der Waals surface area contributed by atoms with Gasteiger partial charge in [-0.2, -0.15) is 11.8 Å². The molecule has 0 aliphatic heterocycles. The van der Waals surface area contributed by atoms with E-state index < -0.39 is 0 Å². The van der Waals surface area contributed by atoms with E-state index in [-0.39, 0.29) is 0 Å². The van der Waals surface area contributed by atoms with Gasteiger partial charge in [-0.1, -0.05) is 6.92 Å². The van der Waals surface area contributed by atoms with E-state index in [1.807, 2.05) is 24.9 Å². The molecule has 0 aliphatic carbocycles. The van der Waals surface area contributed by atoms with Gasteiger partial charge in [0.15, 0.2) is 0 Å².